The lowest BCUT2D eigenvalue weighted by atomic mass is 9.90. The first-order valence-electron chi connectivity index (χ1n) is 4.66. The minimum Gasteiger partial charge on any atom is -0.481 e. The van der Waals surface area contributed by atoms with E-state index < -0.39 is 11.4 Å². The fraction of sp³-hybridized carbons (Fsp3) is 0.455. The molecule has 0 aliphatic heterocycles. The van der Waals surface area contributed by atoms with Gasteiger partial charge in [-0.3, -0.25) is 9.59 Å². The van der Waals surface area contributed by atoms with Crippen molar-refractivity contribution in [2.45, 2.75) is 27.2 Å². The summed E-state index contributed by atoms with van der Waals surface area (Å²) in [5, 5.41) is 8.60. The van der Waals surface area contributed by atoms with Crippen molar-refractivity contribution < 1.29 is 14.7 Å². The Labute approximate surface area is 92.7 Å². The van der Waals surface area contributed by atoms with Crippen molar-refractivity contribution in [2.24, 2.45) is 5.41 Å². The van der Waals surface area contributed by atoms with Crippen molar-refractivity contribution in [1.29, 1.82) is 0 Å². The predicted molar refractivity (Wildman–Crippen MR) is 59.4 cm³/mol. The average Bonchev–Trinajstić information content (AvgIpc) is 2.48. The lowest BCUT2D eigenvalue weighted by Crippen LogP contribution is -2.18. The summed E-state index contributed by atoms with van der Waals surface area (Å²) in [4.78, 5) is 23.7. The summed E-state index contributed by atoms with van der Waals surface area (Å²) in [6, 6.07) is 3.41. The molecule has 0 radical (unpaired) electrons. The smallest absolute Gasteiger partial charge is 0.308 e. The molecule has 1 aromatic rings. The van der Waals surface area contributed by atoms with Gasteiger partial charge in [0.05, 0.1) is 11.3 Å². The van der Waals surface area contributed by atoms with E-state index in [1.54, 1.807) is 12.1 Å². The van der Waals surface area contributed by atoms with Gasteiger partial charge in [-0.05, 0) is 12.1 Å². The number of hydrogen-bond donors (Lipinski definition) is 1. The maximum Gasteiger partial charge on any atom is 0.308 e. The second-order valence-electron chi connectivity index (χ2n) is 4.42. The largest absolute Gasteiger partial charge is 0.481 e. The van der Waals surface area contributed by atoms with Crippen molar-refractivity contribution in [3.63, 3.8) is 0 Å². The predicted octanol–water partition coefficient (Wildman–Crippen LogP) is 2.60. The van der Waals surface area contributed by atoms with Crippen LogP contribution in [0.3, 0.4) is 0 Å². The van der Waals surface area contributed by atoms with Crippen LogP contribution in [0.4, 0.5) is 0 Å². The summed E-state index contributed by atoms with van der Waals surface area (Å²) in [7, 11) is 0. The van der Waals surface area contributed by atoms with Gasteiger partial charge < -0.3 is 5.11 Å². The molecule has 0 amide bonds. The first kappa shape index (κ1) is 11.9. The SMILES string of the molecule is CC(C)(C)C(=O)c1ccc(CC(=O)O)s1. The zero-order valence-corrected chi connectivity index (χ0v) is 9.85. The lowest BCUT2D eigenvalue weighted by Gasteiger charge is -2.14. The van der Waals surface area contributed by atoms with E-state index in [0.717, 1.165) is 4.88 Å². The minimum absolute atomic E-state index is 0.0118. The van der Waals surface area contributed by atoms with E-state index in [1.165, 1.54) is 11.3 Å². The molecule has 0 unspecified atom stereocenters. The molecular formula is C11H14O3S. The molecule has 0 fully saturated rings. The summed E-state index contributed by atoms with van der Waals surface area (Å²) in [5.41, 5.74) is -0.411. The molecule has 0 aromatic carbocycles. The summed E-state index contributed by atoms with van der Waals surface area (Å²) < 4.78 is 0. The van der Waals surface area contributed by atoms with E-state index in [0.29, 0.717) is 4.88 Å². The molecule has 0 aliphatic rings. The summed E-state index contributed by atoms with van der Waals surface area (Å²) >= 11 is 1.27. The minimum atomic E-state index is -0.869. The molecule has 0 aliphatic carbocycles. The molecule has 1 aromatic heterocycles. The van der Waals surface area contributed by atoms with Gasteiger partial charge in [-0.15, -0.1) is 11.3 Å². The van der Waals surface area contributed by atoms with Crippen LogP contribution >= 0.6 is 11.3 Å². The molecule has 82 valence electrons. The number of Topliss-reactive ketones (excluding diaryl/α,β-unsaturated/α-hetero) is 1. The Kier molecular flexibility index (Phi) is 3.29. The first-order chi connectivity index (χ1) is 6.80. The summed E-state index contributed by atoms with van der Waals surface area (Å²) in [6.45, 7) is 5.56. The quantitative estimate of drug-likeness (QED) is 0.806. The van der Waals surface area contributed by atoms with E-state index in [9.17, 15) is 9.59 Å². The third-order valence-corrected chi connectivity index (χ3v) is 2.98. The normalized spacial score (nSPS) is 11.4. The highest BCUT2D eigenvalue weighted by Gasteiger charge is 2.24. The van der Waals surface area contributed by atoms with Crippen LogP contribution in [0.1, 0.15) is 35.3 Å². The van der Waals surface area contributed by atoms with Crippen LogP contribution in [0.25, 0.3) is 0 Å². The van der Waals surface area contributed by atoms with Crippen molar-refractivity contribution in [3.05, 3.63) is 21.9 Å². The van der Waals surface area contributed by atoms with Gasteiger partial charge in [-0.25, -0.2) is 0 Å². The van der Waals surface area contributed by atoms with Crippen LogP contribution in [-0.4, -0.2) is 16.9 Å². The van der Waals surface area contributed by atoms with E-state index in [2.05, 4.69) is 0 Å². The third kappa shape index (κ3) is 3.16. The number of thiophene rings is 1. The Hall–Kier alpha value is -1.16. The third-order valence-electron chi connectivity index (χ3n) is 1.89. The maximum atomic E-state index is 11.8. The standard InChI is InChI=1S/C11H14O3S/c1-11(2,3)10(14)8-5-4-7(15-8)6-9(12)13/h4-5H,6H2,1-3H3,(H,12,13). The topological polar surface area (TPSA) is 54.4 Å². The first-order valence-corrected chi connectivity index (χ1v) is 5.47. The molecule has 0 bridgehead atoms. The van der Waals surface area contributed by atoms with Gasteiger partial charge in [0.25, 0.3) is 0 Å². The van der Waals surface area contributed by atoms with Crippen molar-refractivity contribution in [2.75, 3.05) is 0 Å². The zero-order valence-electron chi connectivity index (χ0n) is 9.03. The molecule has 3 nitrogen and oxygen atoms in total. The van der Waals surface area contributed by atoms with Gasteiger partial charge in [0.1, 0.15) is 0 Å². The molecule has 0 spiro atoms. The molecular weight excluding hydrogens is 212 g/mol. The number of carbonyl (C=O) groups excluding carboxylic acids is 1. The number of hydrogen-bond acceptors (Lipinski definition) is 3. The molecule has 0 saturated carbocycles. The van der Waals surface area contributed by atoms with E-state index in [4.69, 9.17) is 5.11 Å². The maximum absolute atomic E-state index is 11.8. The van der Waals surface area contributed by atoms with E-state index in [1.807, 2.05) is 20.8 Å². The Morgan fingerprint density at radius 1 is 1.33 bits per heavy atom. The second-order valence-corrected chi connectivity index (χ2v) is 5.58. The summed E-state index contributed by atoms with van der Waals surface area (Å²) in [5.74, 6) is -0.809. The lowest BCUT2D eigenvalue weighted by molar-refractivity contribution is -0.136. The van der Waals surface area contributed by atoms with Gasteiger partial charge >= 0.3 is 5.97 Å². The highest BCUT2D eigenvalue weighted by Crippen LogP contribution is 2.26. The van der Waals surface area contributed by atoms with Crippen molar-refractivity contribution in [1.82, 2.24) is 0 Å². The Morgan fingerprint density at radius 3 is 2.40 bits per heavy atom. The van der Waals surface area contributed by atoms with Crippen LogP contribution in [0.2, 0.25) is 0 Å². The van der Waals surface area contributed by atoms with Gasteiger partial charge in [-0.2, -0.15) is 0 Å². The molecule has 4 heteroatoms. The van der Waals surface area contributed by atoms with Crippen molar-refractivity contribution in [3.8, 4) is 0 Å². The highest BCUT2D eigenvalue weighted by atomic mass is 32.1. The number of ketones is 1. The number of carboxylic acids is 1. The van der Waals surface area contributed by atoms with E-state index in [-0.39, 0.29) is 12.2 Å². The van der Waals surface area contributed by atoms with Crippen molar-refractivity contribution >= 4 is 23.1 Å². The van der Waals surface area contributed by atoms with Gasteiger partial charge in [0.2, 0.25) is 0 Å². The number of rotatable bonds is 3. The van der Waals surface area contributed by atoms with Gasteiger partial charge in [-0.1, -0.05) is 20.8 Å². The monoisotopic (exact) mass is 226 g/mol. The molecule has 15 heavy (non-hydrogen) atoms. The summed E-state index contributed by atoms with van der Waals surface area (Å²) in [6.07, 6.45) is -0.0118. The van der Waals surface area contributed by atoms with Crippen LogP contribution in [0, 0.1) is 5.41 Å². The molecule has 0 atom stereocenters. The van der Waals surface area contributed by atoms with Crippen LogP contribution in [-0.2, 0) is 11.2 Å². The number of carboxylic acid groups (broad SMARTS) is 1. The fourth-order valence-corrected chi connectivity index (χ4v) is 2.26. The fourth-order valence-electron chi connectivity index (χ4n) is 1.11. The Balaban J connectivity index is 2.85. The average molecular weight is 226 g/mol. The molecule has 0 saturated heterocycles. The second kappa shape index (κ2) is 4.14. The molecule has 1 heterocycles. The number of carbonyl (C=O) groups is 2. The van der Waals surface area contributed by atoms with Crippen LogP contribution < -0.4 is 0 Å². The van der Waals surface area contributed by atoms with E-state index >= 15 is 0 Å². The molecule has 1 N–H and O–H groups in total. The van der Waals surface area contributed by atoms with Crippen LogP contribution in [0.5, 0.6) is 0 Å². The Bertz CT molecular complexity index is 385. The number of aliphatic carboxylic acids is 1. The highest BCUT2D eigenvalue weighted by molar-refractivity contribution is 7.14. The van der Waals surface area contributed by atoms with Gasteiger partial charge in [0.15, 0.2) is 5.78 Å². The molecule has 1 rings (SSSR count). The Morgan fingerprint density at radius 2 is 1.93 bits per heavy atom. The zero-order chi connectivity index (χ0) is 11.6. The van der Waals surface area contributed by atoms with Crippen LogP contribution in [0.15, 0.2) is 12.1 Å². The van der Waals surface area contributed by atoms with Gasteiger partial charge in [0, 0.05) is 10.3 Å².